The fourth-order valence-corrected chi connectivity index (χ4v) is 3.24. The number of nitrogens with one attached hydrogen (secondary N) is 1. The van der Waals surface area contributed by atoms with Crippen LogP contribution in [0.4, 0.5) is 10.5 Å². The molecule has 0 unspecified atom stereocenters. The molecule has 1 amide bonds. The maximum atomic E-state index is 12.4. The lowest BCUT2D eigenvalue weighted by Crippen LogP contribution is -2.43. The Labute approximate surface area is 169 Å². The van der Waals surface area contributed by atoms with Gasteiger partial charge in [-0.25, -0.2) is 4.79 Å². The summed E-state index contributed by atoms with van der Waals surface area (Å²) in [6.45, 7) is 7.85. The first-order valence-electron chi connectivity index (χ1n) is 10.1. The van der Waals surface area contributed by atoms with Crippen LogP contribution >= 0.6 is 0 Å². The van der Waals surface area contributed by atoms with E-state index in [2.05, 4.69) is 25.3 Å². The van der Waals surface area contributed by atoms with Crippen LogP contribution in [-0.4, -0.2) is 40.9 Å². The summed E-state index contributed by atoms with van der Waals surface area (Å²) in [5, 5.41) is 6.61. The number of carbonyl (C=O) groups excluding carboxylic acids is 1. The van der Waals surface area contributed by atoms with E-state index in [1.165, 1.54) is 12.8 Å². The maximum Gasteiger partial charge on any atom is 0.414 e. The molecule has 2 aromatic rings. The number of hydrogen-bond acceptors (Lipinski definition) is 8. The summed E-state index contributed by atoms with van der Waals surface area (Å²) in [6, 6.07) is 3.61. The minimum Gasteiger partial charge on any atom is -0.476 e. The third-order valence-electron chi connectivity index (χ3n) is 5.11. The van der Waals surface area contributed by atoms with Gasteiger partial charge in [0.25, 0.3) is 0 Å². The van der Waals surface area contributed by atoms with Gasteiger partial charge in [0, 0.05) is 26.1 Å². The predicted molar refractivity (Wildman–Crippen MR) is 105 cm³/mol. The van der Waals surface area contributed by atoms with Gasteiger partial charge in [-0.05, 0) is 51.5 Å². The zero-order valence-corrected chi connectivity index (χ0v) is 17.1. The molecule has 9 heteroatoms. The average Bonchev–Trinajstić information content (AvgIpc) is 3.13. The van der Waals surface area contributed by atoms with Crippen molar-refractivity contribution < 1.29 is 18.8 Å². The van der Waals surface area contributed by atoms with Crippen molar-refractivity contribution in [1.82, 2.24) is 20.4 Å². The Kier molecular flexibility index (Phi) is 5.29. The first-order chi connectivity index (χ1) is 13.9. The van der Waals surface area contributed by atoms with Gasteiger partial charge in [0.05, 0.1) is 6.61 Å². The Balaban J connectivity index is 1.45. The Morgan fingerprint density at radius 3 is 2.69 bits per heavy atom. The number of rotatable bonds is 7. The van der Waals surface area contributed by atoms with Gasteiger partial charge < -0.3 is 24.2 Å². The number of pyridine rings is 1. The molecule has 0 bridgehead atoms. The molecule has 3 heterocycles. The molecule has 9 nitrogen and oxygen atoms in total. The first kappa shape index (κ1) is 19.5. The number of carbonyl (C=O) groups is 1. The summed E-state index contributed by atoms with van der Waals surface area (Å²) < 4.78 is 16.4. The van der Waals surface area contributed by atoms with E-state index >= 15 is 0 Å². The highest BCUT2D eigenvalue weighted by molar-refractivity contribution is 5.71. The highest BCUT2D eigenvalue weighted by Gasteiger charge is 2.30. The summed E-state index contributed by atoms with van der Waals surface area (Å²) in [4.78, 5) is 23.3. The second-order valence-electron chi connectivity index (χ2n) is 8.20. The molecule has 1 saturated carbocycles. The van der Waals surface area contributed by atoms with E-state index in [1.807, 2.05) is 6.07 Å². The molecule has 0 radical (unpaired) electrons. The van der Waals surface area contributed by atoms with Crippen LogP contribution in [0.2, 0.25) is 0 Å². The summed E-state index contributed by atoms with van der Waals surface area (Å²) >= 11 is 0. The Hall–Kier alpha value is -2.84. The smallest absolute Gasteiger partial charge is 0.414 e. The number of ether oxygens (including phenoxy) is 2. The summed E-state index contributed by atoms with van der Waals surface area (Å²) in [7, 11) is 0. The minimum absolute atomic E-state index is 0.191. The Morgan fingerprint density at radius 2 is 2.03 bits per heavy atom. The van der Waals surface area contributed by atoms with Gasteiger partial charge in [-0.1, -0.05) is 5.16 Å². The van der Waals surface area contributed by atoms with Gasteiger partial charge in [0.1, 0.15) is 11.2 Å². The number of hydrogen-bond donors (Lipinski definition) is 1. The molecule has 0 spiro atoms. The number of nitrogens with zero attached hydrogens (tertiary/aromatic N) is 4. The molecule has 1 saturated heterocycles. The van der Waals surface area contributed by atoms with Crippen LogP contribution in [0.15, 0.2) is 16.7 Å². The van der Waals surface area contributed by atoms with Gasteiger partial charge in [-0.2, -0.15) is 9.97 Å². The van der Waals surface area contributed by atoms with Crippen molar-refractivity contribution in [1.29, 1.82) is 0 Å². The Morgan fingerprint density at radius 1 is 1.28 bits per heavy atom. The van der Waals surface area contributed by atoms with Crippen molar-refractivity contribution in [3.05, 3.63) is 23.8 Å². The Bertz CT molecular complexity index is 872. The first-order valence-corrected chi connectivity index (χ1v) is 10.1. The van der Waals surface area contributed by atoms with Gasteiger partial charge in [-0.15, -0.1) is 0 Å². The van der Waals surface area contributed by atoms with Crippen LogP contribution in [0.3, 0.4) is 0 Å². The topological polar surface area (TPSA) is 103 Å². The lowest BCUT2D eigenvalue weighted by atomic mass is 10.1. The molecule has 156 valence electrons. The molecule has 2 aliphatic rings. The van der Waals surface area contributed by atoms with Crippen molar-refractivity contribution in [2.75, 3.05) is 24.6 Å². The van der Waals surface area contributed by atoms with Crippen molar-refractivity contribution in [3.8, 4) is 11.8 Å². The molecule has 1 N–H and O–H groups in total. The fourth-order valence-electron chi connectivity index (χ4n) is 3.24. The van der Waals surface area contributed by atoms with Crippen LogP contribution in [-0.2, 0) is 5.54 Å². The largest absolute Gasteiger partial charge is 0.476 e. The molecule has 29 heavy (non-hydrogen) atoms. The average molecular weight is 401 g/mol. The van der Waals surface area contributed by atoms with Crippen LogP contribution in [0, 0.1) is 12.8 Å². The van der Waals surface area contributed by atoms with Crippen LogP contribution in [0.5, 0.6) is 11.8 Å². The highest BCUT2D eigenvalue weighted by atomic mass is 16.6. The van der Waals surface area contributed by atoms with E-state index in [1.54, 1.807) is 26.8 Å². The minimum atomic E-state index is -0.852. The lowest BCUT2D eigenvalue weighted by molar-refractivity contribution is 0.184. The van der Waals surface area contributed by atoms with E-state index in [0.717, 1.165) is 31.6 Å². The predicted octanol–water partition coefficient (Wildman–Crippen LogP) is 3.19. The number of aromatic nitrogens is 3. The molecule has 1 aliphatic carbocycles. The van der Waals surface area contributed by atoms with Gasteiger partial charge in [0.2, 0.25) is 17.7 Å². The number of aryl methyl sites for hydroxylation is 1. The molecule has 0 aromatic carbocycles. The standard InChI is InChI=1S/C20H27N5O4/c1-13-21-18(24-29-13)20(2,3)23-19(26)28-16-9-8-15(25-10-4-5-11-25)17(22-16)27-12-14-6-7-14/h8-9,14H,4-7,10-12H2,1-3H3,(H,23,26). The molecular weight excluding hydrogens is 374 g/mol. The molecule has 2 fully saturated rings. The zero-order chi connectivity index (χ0) is 20.4. The number of amides is 1. The molecule has 2 aromatic heterocycles. The van der Waals surface area contributed by atoms with E-state index in [4.69, 9.17) is 14.0 Å². The quantitative estimate of drug-likeness (QED) is 0.755. The van der Waals surface area contributed by atoms with E-state index in [0.29, 0.717) is 30.1 Å². The molecule has 4 rings (SSSR count). The second-order valence-corrected chi connectivity index (χ2v) is 8.20. The number of anilines is 1. The van der Waals surface area contributed by atoms with Gasteiger partial charge >= 0.3 is 6.09 Å². The fraction of sp³-hybridized carbons (Fsp3) is 0.600. The van der Waals surface area contributed by atoms with Crippen molar-refractivity contribution in [3.63, 3.8) is 0 Å². The van der Waals surface area contributed by atoms with Crippen LogP contribution < -0.4 is 19.7 Å². The summed E-state index contributed by atoms with van der Waals surface area (Å²) in [5.74, 6) is 2.13. The normalized spacial score (nSPS) is 16.7. The lowest BCUT2D eigenvalue weighted by Gasteiger charge is -2.22. The van der Waals surface area contributed by atoms with E-state index < -0.39 is 11.6 Å². The van der Waals surface area contributed by atoms with Crippen molar-refractivity contribution in [2.45, 2.75) is 52.0 Å². The zero-order valence-electron chi connectivity index (χ0n) is 17.1. The second kappa shape index (κ2) is 7.88. The highest BCUT2D eigenvalue weighted by Crippen LogP contribution is 2.34. The van der Waals surface area contributed by atoms with Crippen LogP contribution in [0.25, 0.3) is 0 Å². The van der Waals surface area contributed by atoms with Crippen molar-refractivity contribution >= 4 is 11.8 Å². The molecular formula is C20H27N5O4. The van der Waals surface area contributed by atoms with Crippen LogP contribution in [0.1, 0.15) is 51.2 Å². The van der Waals surface area contributed by atoms with Gasteiger partial charge in [0.15, 0.2) is 5.82 Å². The third kappa shape index (κ3) is 4.78. The summed E-state index contributed by atoms with van der Waals surface area (Å²) in [5.41, 5.74) is 0.105. The maximum absolute atomic E-state index is 12.4. The van der Waals surface area contributed by atoms with E-state index in [-0.39, 0.29) is 5.88 Å². The third-order valence-corrected chi connectivity index (χ3v) is 5.11. The summed E-state index contributed by atoms with van der Waals surface area (Å²) in [6.07, 6.45) is 4.07. The SMILES string of the molecule is Cc1nc(C(C)(C)NC(=O)Oc2ccc(N3CCCC3)c(OCC3CC3)n2)no1. The van der Waals surface area contributed by atoms with Gasteiger partial charge in [-0.3, -0.25) is 0 Å². The van der Waals surface area contributed by atoms with Crippen molar-refractivity contribution in [2.24, 2.45) is 5.92 Å². The molecule has 1 aliphatic heterocycles. The monoisotopic (exact) mass is 401 g/mol. The molecule has 0 atom stereocenters. The van der Waals surface area contributed by atoms with E-state index in [9.17, 15) is 4.79 Å².